The molecule has 2 fully saturated rings. The Morgan fingerprint density at radius 2 is 2.12 bits per heavy atom. The number of rotatable bonds is 2. The molecule has 1 heterocycles. The second kappa shape index (κ2) is 4.53. The van der Waals surface area contributed by atoms with E-state index in [0.717, 1.165) is 25.7 Å². The molecule has 3 atom stereocenters. The van der Waals surface area contributed by atoms with Gasteiger partial charge in [-0.2, -0.15) is 0 Å². The SMILES string of the molecule is CC1CC(=O)N(CC2CCCC(O)C2)C1=O. The predicted molar refractivity (Wildman–Crippen MR) is 58.5 cm³/mol. The van der Waals surface area contributed by atoms with Gasteiger partial charge in [0.2, 0.25) is 11.8 Å². The van der Waals surface area contributed by atoms with Gasteiger partial charge in [-0.25, -0.2) is 0 Å². The number of aliphatic hydroxyl groups excluding tert-OH is 1. The lowest BCUT2D eigenvalue weighted by Gasteiger charge is -2.28. The van der Waals surface area contributed by atoms with Gasteiger partial charge in [-0.05, 0) is 25.2 Å². The summed E-state index contributed by atoms with van der Waals surface area (Å²) < 4.78 is 0. The third-order valence-electron chi connectivity index (χ3n) is 3.67. The van der Waals surface area contributed by atoms with Crippen molar-refractivity contribution in [3.63, 3.8) is 0 Å². The molecule has 1 saturated carbocycles. The van der Waals surface area contributed by atoms with Crippen LogP contribution in [0.25, 0.3) is 0 Å². The Labute approximate surface area is 95.6 Å². The highest BCUT2D eigenvalue weighted by Gasteiger charge is 2.37. The summed E-state index contributed by atoms with van der Waals surface area (Å²) in [5.41, 5.74) is 0. The fourth-order valence-corrected chi connectivity index (χ4v) is 2.73. The molecule has 3 unspecified atom stereocenters. The summed E-state index contributed by atoms with van der Waals surface area (Å²) in [6.45, 7) is 2.31. The largest absolute Gasteiger partial charge is 0.393 e. The first kappa shape index (κ1) is 11.6. The maximum absolute atomic E-state index is 11.7. The van der Waals surface area contributed by atoms with Crippen LogP contribution in [0.1, 0.15) is 39.0 Å². The Bertz CT molecular complexity index is 303. The van der Waals surface area contributed by atoms with Crippen molar-refractivity contribution < 1.29 is 14.7 Å². The van der Waals surface area contributed by atoms with E-state index in [4.69, 9.17) is 0 Å². The maximum Gasteiger partial charge on any atom is 0.232 e. The lowest BCUT2D eigenvalue weighted by atomic mass is 9.87. The number of carbonyl (C=O) groups excluding carboxylic acids is 2. The highest BCUT2D eigenvalue weighted by molar-refractivity contribution is 6.03. The monoisotopic (exact) mass is 225 g/mol. The molecule has 0 aromatic heterocycles. The van der Waals surface area contributed by atoms with Crippen LogP contribution in [0.3, 0.4) is 0 Å². The summed E-state index contributed by atoms with van der Waals surface area (Å²) in [5.74, 6) is 0.0607. The highest BCUT2D eigenvalue weighted by atomic mass is 16.3. The lowest BCUT2D eigenvalue weighted by molar-refractivity contribution is -0.140. The second-order valence-corrected chi connectivity index (χ2v) is 5.13. The Morgan fingerprint density at radius 1 is 1.38 bits per heavy atom. The number of likely N-dealkylation sites (tertiary alicyclic amines) is 1. The summed E-state index contributed by atoms with van der Waals surface area (Å²) >= 11 is 0. The molecule has 0 aromatic rings. The smallest absolute Gasteiger partial charge is 0.232 e. The number of amides is 2. The standard InChI is InChI=1S/C12H19NO3/c1-8-5-11(15)13(12(8)16)7-9-3-2-4-10(14)6-9/h8-10,14H,2-7H2,1H3. The quantitative estimate of drug-likeness (QED) is 0.711. The van der Waals surface area contributed by atoms with E-state index in [0.29, 0.717) is 18.9 Å². The molecular formula is C12H19NO3. The van der Waals surface area contributed by atoms with Gasteiger partial charge >= 0.3 is 0 Å². The van der Waals surface area contributed by atoms with Crippen LogP contribution >= 0.6 is 0 Å². The lowest BCUT2D eigenvalue weighted by Crippen LogP contribution is -2.37. The van der Waals surface area contributed by atoms with Crippen molar-refractivity contribution in [3.8, 4) is 0 Å². The van der Waals surface area contributed by atoms with Gasteiger partial charge in [-0.15, -0.1) is 0 Å². The van der Waals surface area contributed by atoms with Crippen molar-refractivity contribution in [3.05, 3.63) is 0 Å². The van der Waals surface area contributed by atoms with Crippen LogP contribution in [0.4, 0.5) is 0 Å². The van der Waals surface area contributed by atoms with Crippen molar-refractivity contribution >= 4 is 11.8 Å². The van der Waals surface area contributed by atoms with Crippen LogP contribution in [-0.4, -0.2) is 34.5 Å². The molecule has 1 saturated heterocycles. The van der Waals surface area contributed by atoms with E-state index in [1.54, 1.807) is 6.92 Å². The minimum atomic E-state index is -0.246. The molecule has 1 N–H and O–H groups in total. The summed E-state index contributed by atoms with van der Waals surface area (Å²) in [4.78, 5) is 24.7. The fraction of sp³-hybridized carbons (Fsp3) is 0.833. The number of nitrogens with zero attached hydrogens (tertiary/aromatic N) is 1. The van der Waals surface area contributed by atoms with Crippen molar-refractivity contribution in [2.75, 3.05) is 6.54 Å². The van der Waals surface area contributed by atoms with Crippen molar-refractivity contribution in [2.45, 2.75) is 45.1 Å². The zero-order chi connectivity index (χ0) is 11.7. The fourth-order valence-electron chi connectivity index (χ4n) is 2.73. The van der Waals surface area contributed by atoms with Crippen LogP contribution in [0, 0.1) is 11.8 Å². The van der Waals surface area contributed by atoms with Crippen molar-refractivity contribution in [2.24, 2.45) is 11.8 Å². The van der Waals surface area contributed by atoms with Crippen molar-refractivity contribution in [1.82, 2.24) is 4.90 Å². The van der Waals surface area contributed by atoms with Gasteiger partial charge in [0, 0.05) is 18.9 Å². The second-order valence-electron chi connectivity index (χ2n) is 5.13. The maximum atomic E-state index is 11.7. The average Bonchev–Trinajstić information content (AvgIpc) is 2.45. The molecular weight excluding hydrogens is 206 g/mol. The van der Waals surface area contributed by atoms with E-state index in [9.17, 15) is 14.7 Å². The Balaban J connectivity index is 1.93. The highest BCUT2D eigenvalue weighted by Crippen LogP contribution is 2.28. The van der Waals surface area contributed by atoms with Crippen LogP contribution in [0.15, 0.2) is 0 Å². The molecule has 2 amide bonds. The minimum Gasteiger partial charge on any atom is -0.393 e. The first-order valence-electron chi connectivity index (χ1n) is 6.10. The molecule has 2 rings (SSSR count). The predicted octanol–water partition coefficient (Wildman–Crippen LogP) is 0.933. The summed E-state index contributed by atoms with van der Waals surface area (Å²) in [6, 6.07) is 0. The van der Waals surface area contributed by atoms with Crippen molar-refractivity contribution in [1.29, 1.82) is 0 Å². The van der Waals surface area contributed by atoms with Crippen LogP contribution in [-0.2, 0) is 9.59 Å². The van der Waals surface area contributed by atoms with E-state index in [2.05, 4.69) is 0 Å². The molecule has 4 heteroatoms. The van der Waals surface area contributed by atoms with Crippen LogP contribution in [0.2, 0.25) is 0 Å². The number of imide groups is 1. The first-order valence-corrected chi connectivity index (χ1v) is 6.10. The molecule has 16 heavy (non-hydrogen) atoms. The third-order valence-corrected chi connectivity index (χ3v) is 3.67. The summed E-state index contributed by atoms with van der Waals surface area (Å²) in [6.07, 6.45) is 3.71. The summed E-state index contributed by atoms with van der Waals surface area (Å²) in [5, 5.41) is 9.55. The Hall–Kier alpha value is -0.900. The molecule has 1 aliphatic heterocycles. The van der Waals surface area contributed by atoms with Crippen LogP contribution < -0.4 is 0 Å². The normalized spacial score (nSPS) is 35.9. The zero-order valence-corrected chi connectivity index (χ0v) is 9.69. The molecule has 0 radical (unpaired) electrons. The molecule has 90 valence electrons. The molecule has 0 spiro atoms. The Morgan fingerprint density at radius 3 is 2.69 bits per heavy atom. The van der Waals surface area contributed by atoms with Gasteiger partial charge < -0.3 is 5.11 Å². The minimum absolute atomic E-state index is 0.0370. The van der Waals surface area contributed by atoms with Gasteiger partial charge in [-0.1, -0.05) is 13.3 Å². The van der Waals surface area contributed by atoms with E-state index < -0.39 is 0 Å². The van der Waals surface area contributed by atoms with Gasteiger partial charge in [0.1, 0.15) is 0 Å². The Kier molecular flexibility index (Phi) is 3.28. The van der Waals surface area contributed by atoms with Gasteiger partial charge in [0.15, 0.2) is 0 Å². The molecule has 0 bridgehead atoms. The van der Waals surface area contributed by atoms with Gasteiger partial charge in [-0.3, -0.25) is 14.5 Å². The first-order chi connectivity index (χ1) is 7.58. The van der Waals surface area contributed by atoms with E-state index >= 15 is 0 Å². The van der Waals surface area contributed by atoms with E-state index in [1.807, 2.05) is 0 Å². The van der Waals surface area contributed by atoms with Crippen LogP contribution in [0.5, 0.6) is 0 Å². The molecule has 1 aliphatic carbocycles. The van der Waals surface area contributed by atoms with Gasteiger partial charge in [0.25, 0.3) is 0 Å². The molecule has 0 aromatic carbocycles. The zero-order valence-electron chi connectivity index (χ0n) is 9.69. The number of aliphatic hydroxyl groups is 1. The molecule has 4 nitrogen and oxygen atoms in total. The van der Waals surface area contributed by atoms with E-state index in [-0.39, 0.29) is 23.8 Å². The number of hydrogen-bond acceptors (Lipinski definition) is 3. The summed E-state index contributed by atoms with van der Waals surface area (Å²) in [7, 11) is 0. The topological polar surface area (TPSA) is 57.6 Å². The van der Waals surface area contributed by atoms with E-state index in [1.165, 1.54) is 4.90 Å². The average molecular weight is 225 g/mol. The van der Waals surface area contributed by atoms with Gasteiger partial charge in [0.05, 0.1) is 6.10 Å². The number of hydrogen-bond donors (Lipinski definition) is 1. The third kappa shape index (κ3) is 2.26. The molecule has 2 aliphatic rings. The number of carbonyl (C=O) groups is 2.